The van der Waals surface area contributed by atoms with Crippen LogP contribution in [0.4, 0.5) is 0 Å². The minimum atomic E-state index is -0.552. The third-order valence-electron chi connectivity index (χ3n) is 2.81. The third-order valence-corrected chi connectivity index (χ3v) is 2.98. The minimum Gasteiger partial charge on any atom is -0.340 e. The Balaban J connectivity index is 2.27. The Morgan fingerprint density at radius 3 is 2.82 bits per heavy atom. The molecule has 1 aromatic heterocycles. The van der Waals surface area contributed by atoms with Gasteiger partial charge in [-0.15, -0.1) is 11.6 Å². The molecule has 2 heterocycles. The zero-order chi connectivity index (χ0) is 12.4. The molecule has 17 heavy (non-hydrogen) atoms. The molecular weight excluding hydrogens is 246 g/mol. The lowest BCUT2D eigenvalue weighted by atomic mass is 10.2. The molecule has 0 aliphatic carbocycles. The zero-order valence-corrected chi connectivity index (χ0v) is 9.81. The van der Waals surface area contributed by atoms with Crippen LogP contribution in [0.2, 0.25) is 0 Å². The largest absolute Gasteiger partial charge is 0.340 e. The highest BCUT2D eigenvalue weighted by Gasteiger charge is 2.32. The number of alkyl halides is 1. The summed E-state index contributed by atoms with van der Waals surface area (Å²) in [6, 6.07) is 0.710. The van der Waals surface area contributed by atoms with Crippen molar-refractivity contribution in [3.63, 3.8) is 0 Å². The molecule has 1 saturated heterocycles. The van der Waals surface area contributed by atoms with Crippen molar-refractivity contribution in [2.45, 2.75) is 12.5 Å². The summed E-state index contributed by atoms with van der Waals surface area (Å²) in [6.07, 6.45) is 1.91. The normalized spacial score (nSPS) is 19.9. The molecule has 1 aliphatic heterocycles. The molecule has 92 valence electrons. The Labute approximate surface area is 102 Å². The van der Waals surface area contributed by atoms with E-state index in [1.165, 1.54) is 16.8 Å². The summed E-state index contributed by atoms with van der Waals surface area (Å²) in [4.78, 5) is 38.2. The van der Waals surface area contributed by atoms with Gasteiger partial charge in [0, 0.05) is 31.2 Å². The lowest BCUT2D eigenvalue weighted by molar-refractivity contribution is -0.130. The first-order valence-corrected chi connectivity index (χ1v) is 5.83. The number of hydrogen-bond acceptors (Lipinski definition) is 3. The van der Waals surface area contributed by atoms with Crippen molar-refractivity contribution >= 4 is 17.5 Å². The second-order valence-electron chi connectivity index (χ2n) is 3.84. The molecule has 2 rings (SSSR count). The highest BCUT2D eigenvalue weighted by Crippen LogP contribution is 2.20. The van der Waals surface area contributed by atoms with Gasteiger partial charge in [-0.3, -0.25) is 19.1 Å². The second kappa shape index (κ2) is 4.75. The molecule has 1 N–H and O–H groups in total. The third kappa shape index (κ3) is 2.26. The summed E-state index contributed by atoms with van der Waals surface area (Å²) < 4.78 is 1.26. The highest BCUT2D eigenvalue weighted by atomic mass is 35.5. The molecule has 1 amide bonds. The van der Waals surface area contributed by atoms with Crippen molar-refractivity contribution in [1.82, 2.24) is 14.5 Å². The molecule has 1 aliphatic rings. The van der Waals surface area contributed by atoms with Crippen LogP contribution in [-0.4, -0.2) is 39.3 Å². The molecule has 1 aromatic rings. The van der Waals surface area contributed by atoms with Crippen LogP contribution < -0.4 is 11.2 Å². The number of likely N-dealkylation sites (tertiary alicyclic amines) is 1. The lowest BCUT2D eigenvalue weighted by Crippen LogP contribution is -2.36. The van der Waals surface area contributed by atoms with E-state index in [0.717, 1.165) is 0 Å². The van der Waals surface area contributed by atoms with Crippen molar-refractivity contribution in [1.29, 1.82) is 0 Å². The number of rotatable bonds is 3. The van der Waals surface area contributed by atoms with Crippen molar-refractivity contribution in [3.8, 4) is 0 Å². The number of nitrogens with zero attached hydrogens (tertiary/aromatic N) is 2. The maximum absolute atomic E-state index is 11.9. The smallest absolute Gasteiger partial charge is 0.329 e. The summed E-state index contributed by atoms with van der Waals surface area (Å²) >= 11 is 5.58. The van der Waals surface area contributed by atoms with Crippen LogP contribution in [0.1, 0.15) is 12.5 Å². The van der Waals surface area contributed by atoms with Crippen LogP contribution in [0, 0.1) is 0 Å². The average molecular weight is 258 g/mol. The van der Waals surface area contributed by atoms with Gasteiger partial charge < -0.3 is 4.90 Å². The maximum Gasteiger partial charge on any atom is 0.329 e. The van der Waals surface area contributed by atoms with Crippen LogP contribution in [0.5, 0.6) is 0 Å². The van der Waals surface area contributed by atoms with E-state index in [-0.39, 0.29) is 5.91 Å². The molecule has 0 bridgehead atoms. The monoisotopic (exact) mass is 257 g/mol. The Hall–Kier alpha value is -1.56. The van der Waals surface area contributed by atoms with Crippen LogP contribution in [0.25, 0.3) is 0 Å². The van der Waals surface area contributed by atoms with E-state index in [1.807, 2.05) is 0 Å². The summed E-state index contributed by atoms with van der Waals surface area (Å²) in [7, 11) is 0. The number of H-pyrrole nitrogens is 1. The van der Waals surface area contributed by atoms with E-state index >= 15 is 0 Å². The molecule has 7 heteroatoms. The van der Waals surface area contributed by atoms with Gasteiger partial charge in [0.25, 0.3) is 5.56 Å². The van der Waals surface area contributed by atoms with Crippen molar-refractivity contribution in [2.24, 2.45) is 0 Å². The SMILES string of the molecule is O=C1C(n2ccc(=O)[nH]c2=O)CCN1CCCl. The van der Waals surface area contributed by atoms with Gasteiger partial charge in [0.05, 0.1) is 0 Å². The van der Waals surface area contributed by atoms with Crippen LogP contribution in [0.3, 0.4) is 0 Å². The van der Waals surface area contributed by atoms with Gasteiger partial charge in [0.15, 0.2) is 0 Å². The Morgan fingerprint density at radius 1 is 1.41 bits per heavy atom. The van der Waals surface area contributed by atoms with Crippen LogP contribution >= 0.6 is 11.6 Å². The topological polar surface area (TPSA) is 75.2 Å². The van der Waals surface area contributed by atoms with E-state index in [0.29, 0.717) is 25.4 Å². The number of aromatic nitrogens is 2. The van der Waals surface area contributed by atoms with Gasteiger partial charge in [-0.2, -0.15) is 0 Å². The predicted molar refractivity (Wildman–Crippen MR) is 62.3 cm³/mol. The molecule has 1 unspecified atom stereocenters. The molecule has 0 saturated carbocycles. The summed E-state index contributed by atoms with van der Waals surface area (Å²) in [6.45, 7) is 1.07. The van der Waals surface area contributed by atoms with Gasteiger partial charge in [0.2, 0.25) is 5.91 Å². The van der Waals surface area contributed by atoms with Crippen molar-refractivity contribution in [2.75, 3.05) is 19.0 Å². The first kappa shape index (κ1) is 11.9. The average Bonchev–Trinajstić information content (AvgIpc) is 2.62. The number of amides is 1. The van der Waals surface area contributed by atoms with E-state index in [2.05, 4.69) is 4.98 Å². The lowest BCUT2D eigenvalue weighted by Gasteiger charge is -2.15. The maximum atomic E-state index is 11.9. The van der Waals surface area contributed by atoms with Crippen LogP contribution in [-0.2, 0) is 4.79 Å². The summed E-state index contributed by atoms with van der Waals surface area (Å²) in [5, 5.41) is 0. The number of aromatic amines is 1. The molecular formula is C10H12ClN3O3. The van der Waals surface area contributed by atoms with Gasteiger partial charge in [-0.05, 0) is 6.42 Å². The summed E-state index contributed by atoms with van der Waals surface area (Å²) in [5.41, 5.74) is -1.02. The molecule has 0 spiro atoms. The minimum absolute atomic E-state index is 0.125. The number of halogens is 1. The van der Waals surface area contributed by atoms with Gasteiger partial charge in [-0.25, -0.2) is 4.79 Å². The predicted octanol–water partition coefficient (Wildman–Crippen LogP) is -0.451. The quantitative estimate of drug-likeness (QED) is 0.745. The fraction of sp³-hybridized carbons (Fsp3) is 0.500. The second-order valence-corrected chi connectivity index (χ2v) is 4.21. The Kier molecular flexibility index (Phi) is 3.33. The molecule has 0 radical (unpaired) electrons. The fourth-order valence-electron chi connectivity index (χ4n) is 1.98. The Morgan fingerprint density at radius 2 is 2.18 bits per heavy atom. The van der Waals surface area contributed by atoms with E-state index < -0.39 is 17.3 Å². The van der Waals surface area contributed by atoms with Gasteiger partial charge in [-0.1, -0.05) is 0 Å². The number of hydrogen-bond donors (Lipinski definition) is 1. The molecule has 1 fully saturated rings. The number of carbonyl (C=O) groups excluding carboxylic acids is 1. The fourth-order valence-corrected chi connectivity index (χ4v) is 2.18. The standard InChI is InChI=1S/C10H12ClN3O3/c11-3-6-13-4-1-7(9(13)16)14-5-2-8(15)12-10(14)17/h2,5,7H,1,3-4,6H2,(H,12,15,17). The van der Waals surface area contributed by atoms with E-state index in [9.17, 15) is 14.4 Å². The Bertz CT molecular complexity index is 536. The van der Waals surface area contributed by atoms with Crippen molar-refractivity contribution in [3.05, 3.63) is 33.1 Å². The zero-order valence-electron chi connectivity index (χ0n) is 9.06. The van der Waals surface area contributed by atoms with E-state index in [1.54, 1.807) is 4.90 Å². The highest BCUT2D eigenvalue weighted by molar-refractivity contribution is 6.18. The van der Waals surface area contributed by atoms with Gasteiger partial charge >= 0.3 is 5.69 Å². The molecule has 0 aromatic carbocycles. The first-order chi connectivity index (χ1) is 8.13. The molecule has 1 atom stereocenters. The number of carbonyl (C=O) groups is 1. The van der Waals surface area contributed by atoms with E-state index in [4.69, 9.17) is 11.6 Å². The first-order valence-electron chi connectivity index (χ1n) is 5.29. The molecule has 6 nitrogen and oxygen atoms in total. The summed E-state index contributed by atoms with van der Waals surface area (Å²) in [5.74, 6) is 0.249. The van der Waals surface area contributed by atoms with Gasteiger partial charge in [0.1, 0.15) is 6.04 Å². The van der Waals surface area contributed by atoms with Crippen LogP contribution in [0.15, 0.2) is 21.9 Å². The number of nitrogens with one attached hydrogen (secondary N) is 1. The van der Waals surface area contributed by atoms with Crippen molar-refractivity contribution < 1.29 is 4.79 Å².